The Morgan fingerprint density at radius 2 is 2.12 bits per heavy atom. The topological polar surface area (TPSA) is 38.1 Å². The first-order valence-corrected chi connectivity index (χ1v) is 5.59. The Morgan fingerprint density at radius 1 is 1.31 bits per heavy atom. The molecule has 3 heteroatoms. The highest BCUT2D eigenvalue weighted by Crippen LogP contribution is 2.46. The Morgan fingerprint density at radius 3 is 2.81 bits per heavy atom. The van der Waals surface area contributed by atoms with Crippen LogP contribution in [0.5, 0.6) is 0 Å². The summed E-state index contributed by atoms with van der Waals surface area (Å²) in [5.74, 6) is 0.968. The fourth-order valence-corrected chi connectivity index (χ4v) is 2.11. The first-order chi connectivity index (χ1) is 7.88. The van der Waals surface area contributed by atoms with E-state index in [0.717, 1.165) is 12.1 Å². The van der Waals surface area contributed by atoms with Crippen LogP contribution in [0.4, 0.5) is 0 Å². The number of benzene rings is 1. The predicted molar refractivity (Wildman–Crippen MR) is 61.5 cm³/mol. The van der Waals surface area contributed by atoms with E-state index in [2.05, 4.69) is 11.3 Å². The Hall–Kier alpha value is -1.61. The lowest BCUT2D eigenvalue weighted by Gasteiger charge is -1.98. The van der Waals surface area contributed by atoms with Crippen LogP contribution in [0, 0.1) is 5.92 Å². The first-order valence-electron chi connectivity index (χ1n) is 5.59. The van der Waals surface area contributed by atoms with Crippen LogP contribution in [0.2, 0.25) is 0 Å². The van der Waals surface area contributed by atoms with Crippen LogP contribution < -0.4 is 0 Å². The Labute approximate surface area is 94.3 Å². The van der Waals surface area contributed by atoms with Crippen molar-refractivity contribution in [2.45, 2.75) is 12.3 Å². The van der Waals surface area contributed by atoms with E-state index in [-0.39, 0.29) is 0 Å². The smallest absolute Gasteiger partial charge is 0.0645 e. The summed E-state index contributed by atoms with van der Waals surface area (Å²) in [5.41, 5.74) is 2.32. The van der Waals surface area contributed by atoms with Crippen molar-refractivity contribution in [1.82, 2.24) is 9.78 Å². The van der Waals surface area contributed by atoms with Gasteiger partial charge in [0.25, 0.3) is 0 Å². The van der Waals surface area contributed by atoms with Gasteiger partial charge in [-0.05, 0) is 36.0 Å². The van der Waals surface area contributed by atoms with Crippen LogP contribution in [0.3, 0.4) is 0 Å². The lowest BCUT2D eigenvalue weighted by molar-refractivity contribution is 0.274. The summed E-state index contributed by atoms with van der Waals surface area (Å²) < 4.78 is 1.89. The monoisotopic (exact) mass is 214 g/mol. The van der Waals surface area contributed by atoms with Crippen LogP contribution >= 0.6 is 0 Å². The van der Waals surface area contributed by atoms with Crippen molar-refractivity contribution in [2.75, 3.05) is 6.61 Å². The standard InChI is InChI=1S/C13H14N2O/c16-9-10-6-13(10)11-7-14-15(8-11)12-4-2-1-3-5-12/h1-5,7-8,10,13,16H,6,9H2. The van der Waals surface area contributed by atoms with Crippen LogP contribution in [-0.4, -0.2) is 21.5 Å². The molecule has 1 fully saturated rings. The second kappa shape index (κ2) is 3.76. The lowest BCUT2D eigenvalue weighted by Crippen LogP contribution is -1.92. The highest BCUT2D eigenvalue weighted by Gasteiger charge is 2.38. The van der Waals surface area contributed by atoms with Crippen molar-refractivity contribution in [3.05, 3.63) is 48.3 Å². The maximum Gasteiger partial charge on any atom is 0.0645 e. The van der Waals surface area contributed by atoms with Gasteiger partial charge in [0.05, 0.1) is 11.9 Å². The minimum Gasteiger partial charge on any atom is -0.396 e. The molecular formula is C13H14N2O. The molecule has 2 aromatic rings. The van der Waals surface area contributed by atoms with Gasteiger partial charge in [0, 0.05) is 12.8 Å². The number of aromatic nitrogens is 2. The maximum absolute atomic E-state index is 9.03. The van der Waals surface area contributed by atoms with Gasteiger partial charge in [0.2, 0.25) is 0 Å². The molecule has 16 heavy (non-hydrogen) atoms. The normalized spacial score (nSPS) is 23.3. The molecule has 3 rings (SSSR count). The van der Waals surface area contributed by atoms with E-state index in [1.54, 1.807) is 0 Å². The van der Waals surface area contributed by atoms with Gasteiger partial charge in [-0.15, -0.1) is 0 Å². The summed E-state index contributed by atoms with van der Waals surface area (Å²) in [7, 11) is 0. The molecular weight excluding hydrogens is 200 g/mol. The number of para-hydroxylation sites is 1. The molecule has 1 aliphatic rings. The van der Waals surface area contributed by atoms with E-state index in [4.69, 9.17) is 5.11 Å². The van der Waals surface area contributed by atoms with Gasteiger partial charge in [0.15, 0.2) is 0 Å². The number of nitrogens with zero attached hydrogens (tertiary/aromatic N) is 2. The summed E-state index contributed by atoms with van der Waals surface area (Å²) in [4.78, 5) is 0. The zero-order chi connectivity index (χ0) is 11.0. The van der Waals surface area contributed by atoms with E-state index in [1.807, 2.05) is 41.2 Å². The number of aliphatic hydroxyl groups is 1. The highest BCUT2D eigenvalue weighted by molar-refractivity contribution is 5.32. The molecule has 1 saturated carbocycles. The molecule has 3 nitrogen and oxygen atoms in total. The first kappa shape index (κ1) is 9.60. The molecule has 1 aliphatic carbocycles. The quantitative estimate of drug-likeness (QED) is 0.848. The Balaban J connectivity index is 1.84. The van der Waals surface area contributed by atoms with Gasteiger partial charge in [-0.25, -0.2) is 4.68 Å². The maximum atomic E-state index is 9.03. The minimum absolute atomic E-state index is 0.293. The van der Waals surface area contributed by atoms with Gasteiger partial charge in [-0.1, -0.05) is 18.2 Å². The number of hydrogen-bond acceptors (Lipinski definition) is 2. The second-order valence-electron chi connectivity index (χ2n) is 4.34. The summed E-state index contributed by atoms with van der Waals surface area (Å²) in [5, 5.41) is 13.4. The predicted octanol–water partition coefficient (Wildman–Crippen LogP) is 1.97. The largest absolute Gasteiger partial charge is 0.396 e. The second-order valence-corrected chi connectivity index (χ2v) is 4.34. The fourth-order valence-electron chi connectivity index (χ4n) is 2.11. The Kier molecular flexibility index (Phi) is 2.26. The van der Waals surface area contributed by atoms with Crippen molar-refractivity contribution in [2.24, 2.45) is 5.92 Å². The van der Waals surface area contributed by atoms with Gasteiger partial charge in [-0.3, -0.25) is 0 Å². The van der Waals surface area contributed by atoms with E-state index in [9.17, 15) is 0 Å². The summed E-state index contributed by atoms with van der Waals surface area (Å²) in [6.45, 7) is 0.293. The third-order valence-corrected chi connectivity index (χ3v) is 3.21. The third kappa shape index (κ3) is 1.63. The molecule has 0 saturated heterocycles. The SMILES string of the molecule is OCC1CC1c1cnn(-c2ccccc2)c1. The third-order valence-electron chi connectivity index (χ3n) is 3.21. The molecule has 1 heterocycles. The molecule has 0 amide bonds. The van der Waals surface area contributed by atoms with Crippen molar-refractivity contribution in [3.8, 4) is 5.69 Å². The van der Waals surface area contributed by atoms with Crippen LogP contribution in [-0.2, 0) is 0 Å². The molecule has 1 aromatic heterocycles. The van der Waals surface area contributed by atoms with E-state index >= 15 is 0 Å². The lowest BCUT2D eigenvalue weighted by atomic mass is 10.2. The highest BCUT2D eigenvalue weighted by atomic mass is 16.3. The molecule has 0 radical (unpaired) electrons. The van der Waals surface area contributed by atoms with Gasteiger partial charge < -0.3 is 5.11 Å². The van der Waals surface area contributed by atoms with Crippen molar-refractivity contribution < 1.29 is 5.11 Å². The van der Waals surface area contributed by atoms with E-state index < -0.39 is 0 Å². The average Bonchev–Trinajstić information content (AvgIpc) is 2.98. The summed E-state index contributed by atoms with van der Waals surface area (Å²) in [6.07, 6.45) is 5.07. The molecule has 0 spiro atoms. The average molecular weight is 214 g/mol. The zero-order valence-electron chi connectivity index (χ0n) is 8.95. The van der Waals surface area contributed by atoms with Crippen LogP contribution in [0.15, 0.2) is 42.7 Å². The minimum atomic E-state index is 0.293. The van der Waals surface area contributed by atoms with Crippen LogP contribution in [0.25, 0.3) is 5.69 Å². The van der Waals surface area contributed by atoms with Gasteiger partial charge >= 0.3 is 0 Å². The number of aliphatic hydroxyl groups excluding tert-OH is 1. The van der Waals surface area contributed by atoms with Crippen molar-refractivity contribution in [1.29, 1.82) is 0 Å². The van der Waals surface area contributed by atoms with Crippen molar-refractivity contribution in [3.63, 3.8) is 0 Å². The molecule has 1 N–H and O–H groups in total. The van der Waals surface area contributed by atoms with Gasteiger partial charge in [-0.2, -0.15) is 5.10 Å². The molecule has 1 aromatic carbocycles. The summed E-state index contributed by atoms with van der Waals surface area (Å²) in [6, 6.07) is 10.1. The summed E-state index contributed by atoms with van der Waals surface area (Å²) >= 11 is 0. The molecule has 2 unspecified atom stereocenters. The number of rotatable bonds is 3. The van der Waals surface area contributed by atoms with Gasteiger partial charge in [0.1, 0.15) is 0 Å². The molecule has 82 valence electrons. The van der Waals surface area contributed by atoms with E-state index in [0.29, 0.717) is 18.4 Å². The Bertz CT molecular complexity index is 478. The number of hydrogen-bond donors (Lipinski definition) is 1. The molecule has 0 aliphatic heterocycles. The van der Waals surface area contributed by atoms with E-state index in [1.165, 1.54) is 5.56 Å². The fraction of sp³-hybridized carbons (Fsp3) is 0.308. The van der Waals surface area contributed by atoms with Crippen LogP contribution in [0.1, 0.15) is 17.9 Å². The zero-order valence-corrected chi connectivity index (χ0v) is 8.95. The molecule has 0 bridgehead atoms. The van der Waals surface area contributed by atoms with Crippen molar-refractivity contribution >= 4 is 0 Å². The molecule has 2 atom stereocenters.